The normalized spacial score (nSPS) is 22.1. The number of halogens is 3. The van der Waals surface area contributed by atoms with E-state index in [2.05, 4.69) is 24.1 Å². The number of hydrogen-bond donors (Lipinski definition) is 2. The van der Waals surface area contributed by atoms with Gasteiger partial charge < -0.3 is 19.9 Å². The summed E-state index contributed by atoms with van der Waals surface area (Å²) in [6.07, 6.45) is -1.99. The highest BCUT2D eigenvalue weighted by atomic mass is 19.4. The zero-order valence-corrected chi connectivity index (χ0v) is 14.5. The highest BCUT2D eigenvalue weighted by Gasteiger charge is 2.53. The van der Waals surface area contributed by atoms with Crippen molar-refractivity contribution >= 4 is 6.03 Å². The van der Waals surface area contributed by atoms with E-state index in [1.165, 1.54) is 4.90 Å². The molecule has 0 bridgehead atoms. The van der Waals surface area contributed by atoms with Gasteiger partial charge in [-0.3, -0.25) is 0 Å². The smallest absolute Gasteiger partial charge is 0.380 e. The molecule has 1 fully saturated rings. The molecule has 1 aliphatic heterocycles. The SMILES string of the molecule is CC(C)Cn1ccnc1CNC(=O)N1CCCC(O)(C(F)(F)F)CC1. The maximum absolute atomic E-state index is 12.9. The molecule has 1 aromatic heterocycles. The molecule has 142 valence electrons. The Kier molecular flexibility index (Phi) is 5.97. The van der Waals surface area contributed by atoms with Crippen LogP contribution < -0.4 is 5.32 Å². The van der Waals surface area contributed by atoms with E-state index >= 15 is 0 Å². The number of carbonyl (C=O) groups is 1. The fourth-order valence-corrected chi connectivity index (χ4v) is 2.94. The summed E-state index contributed by atoms with van der Waals surface area (Å²) in [6.45, 7) is 5.17. The molecule has 25 heavy (non-hydrogen) atoms. The minimum atomic E-state index is -4.68. The Balaban J connectivity index is 1.91. The average Bonchev–Trinajstić information content (AvgIpc) is 2.82. The number of aliphatic hydroxyl groups is 1. The molecule has 2 N–H and O–H groups in total. The molecule has 1 saturated heterocycles. The number of nitrogens with one attached hydrogen (secondary N) is 1. The van der Waals surface area contributed by atoms with Crippen molar-refractivity contribution in [2.45, 2.75) is 58.0 Å². The minimum absolute atomic E-state index is 0.103. The number of amides is 2. The van der Waals surface area contributed by atoms with E-state index in [1.807, 2.05) is 10.8 Å². The number of urea groups is 1. The van der Waals surface area contributed by atoms with Gasteiger partial charge in [0.05, 0.1) is 6.54 Å². The molecule has 0 spiro atoms. The lowest BCUT2D eigenvalue weighted by Crippen LogP contribution is -2.46. The molecule has 1 atom stereocenters. The zero-order valence-electron chi connectivity index (χ0n) is 14.5. The lowest BCUT2D eigenvalue weighted by Gasteiger charge is -2.29. The number of nitrogens with zero attached hydrogens (tertiary/aromatic N) is 3. The Bertz CT molecular complexity index is 588. The molecule has 9 heteroatoms. The summed E-state index contributed by atoms with van der Waals surface area (Å²) in [7, 11) is 0. The predicted molar refractivity (Wildman–Crippen MR) is 85.7 cm³/mol. The second-order valence-corrected chi connectivity index (χ2v) is 6.92. The number of rotatable bonds is 4. The minimum Gasteiger partial charge on any atom is -0.380 e. The van der Waals surface area contributed by atoms with Gasteiger partial charge in [0.25, 0.3) is 0 Å². The van der Waals surface area contributed by atoms with Crippen molar-refractivity contribution in [2.75, 3.05) is 13.1 Å². The number of likely N-dealkylation sites (tertiary alicyclic amines) is 1. The first-order valence-electron chi connectivity index (χ1n) is 8.44. The van der Waals surface area contributed by atoms with E-state index in [-0.39, 0.29) is 32.5 Å². The first kappa shape index (κ1) is 19.6. The summed E-state index contributed by atoms with van der Waals surface area (Å²) in [4.78, 5) is 17.8. The Labute approximate surface area is 145 Å². The Hall–Kier alpha value is -1.77. The summed E-state index contributed by atoms with van der Waals surface area (Å²) >= 11 is 0. The van der Waals surface area contributed by atoms with Crippen molar-refractivity contribution in [1.82, 2.24) is 19.8 Å². The fourth-order valence-electron chi connectivity index (χ4n) is 2.94. The maximum Gasteiger partial charge on any atom is 0.417 e. The number of imidazole rings is 1. The molecule has 1 aliphatic rings. The van der Waals surface area contributed by atoms with Gasteiger partial charge in [0.2, 0.25) is 0 Å². The van der Waals surface area contributed by atoms with Crippen LogP contribution in [0.25, 0.3) is 0 Å². The van der Waals surface area contributed by atoms with Gasteiger partial charge in [-0.15, -0.1) is 0 Å². The molecule has 6 nitrogen and oxygen atoms in total. The molecular formula is C16H25F3N4O2. The van der Waals surface area contributed by atoms with E-state index in [0.717, 1.165) is 6.54 Å². The molecular weight excluding hydrogens is 337 g/mol. The zero-order chi connectivity index (χ0) is 18.7. The van der Waals surface area contributed by atoms with E-state index in [0.29, 0.717) is 11.7 Å². The van der Waals surface area contributed by atoms with Crippen molar-refractivity contribution in [3.05, 3.63) is 18.2 Å². The van der Waals surface area contributed by atoms with Crippen molar-refractivity contribution in [2.24, 2.45) is 5.92 Å². The van der Waals surface area contributed by atoms with Crippen LogP contribution in [-0.4, -0.2) is 50.5 Å². The Morgan fingerprint density at radius 2 is 2.12 bits per heavy atom. The topological polar surface area (TPSA) is 70.4 Å². The molecule has 0 aliphatic carbocycles. The third-order valence-corrected chi connectivity index (χ3v) is 4.39. The summed E-state index contributed by atoms with van der Waals surface area (Å²) in [5, 5.41) is 12.5. The van der Waals surface area contributed by atoms with Gasteiger partial charge >= 0.3 is 12.2 Å². The van der Waals surface area contributed by atoms with Crippen LogP contribution in [-0.2, 0) is 13.1 Å². The second-order valence-electron chi connectivity index (χ2n) is 6.92. The third-order valence-electron chi connectivity index (χ3n) is 4.39. The van der Waals surface area contributed by atoms with Gasteiger partial charge in [0.15, 0.2) is 5.60 Å². The molecule has 1 unspecified atom stereocenters. The molecule has 2 heterocycles. The van der Waals surface area contributed by atoms with Crippen molar-refractivity contribution in [1.29, 1.82) is 0 Å². The molecule has 1 aromatic rings. The van der Waals surface area contributed by atoms with Gasteiger partial charge in [-0.25, -0.2) is 9.78 Å². The molecule has 0 radical (unpaired) electrons. The lowest BCUT2D eigenvalue weighted by atomic mass is 9.94. The number of aromatic nitrogens is 2. The van der Waals surface area contributed by atoms with Crippen LogP contribution in [0.4, 0.5) is 18.0 Å². The maximum atomic E-state index is 12.9. The number of hydrogen-bond acceptors (Lipinski definition) is 3. The fraction of sp³-hybridized carbons (Fsp3) is 0.750. The van der Waals surface area contributed by atoms with Gasteiger partial charge in [0, 0.05) is 38.4 Å². The quantitative estimate of drug-likeness (QED) is 0.865. The standard InChI is InChI=1S/C16H25F3N4O2/c1-12(2)11-23-9-6-20-13(23)10-21-14(24)22-7-3-4-15(25,5-8-22)16(17,18)19/h6,9,12,25H,3-5,7-8,10-11H2,1-2H3,(H,21,24). The first-order chi connectivity index (χ1) is 11.6. The number of alkyl halides is 3. The van der Waals surface area contributed by atoms with Gasteiger partial charge in [-0.1, -0.05) is 13.8 Å². The van der Waals surface area contributed by atoms with Crippen LogP contribution in [0.2, 0.25) is 0 Å². The van der Waals surface area contributed by atoms with Crippen molar-refractivity contribution in [3.63, 3.8) is 0 Å². The monoisotopic (exact) mass is 362 g/mol. The molecule has 2 amide bonds. The lowest BCUT2D eigenvalue weighted by molar-refractivity contribution is -0.263. The molecule has 2 rings (SSSR count). The molecule has 0 saturated carbocycles. The van der Waals surface area contributed by atoms with E-state index in [9.17, 15) is 23.1 Å². The highest BCUT2D eigenvalue weighted by Crippen LogP contribution is 2.38. The van der Waals surface area contributed by atoms with Crippen LogP contribution >= 0.6 is 0 Å². The van der Waals surface area contributed by atoms with Crippen LogP contribution in [0.15, 0.2) is 12.4 Å². The first-order valence-corrected chi connectivity index (χ1v) is 8.44. The summed E-state index contributed by atoms with van der Waals surface area (Å²) in [6, 6.07) is -0.439. The second kappa shape index (κ2) is 7.63. The summed E-state index contributed by atoms with van der Waals surface area (Å²) in [5.41, 5.74) is -2.71. The van der Waals surface area contributed by atoms with Crippen molar-refractivity contribution < 1.29 is 23.1 Å². The van der Waals surface area contributed by atoms with Gasteiger partial charge in [0.1, 0.15) is 5.82 Å². The average molecular weight is 362 g/mol. The van der Waals surface area contributed by atoms with Crippen LogP contribution in [0.1, 0.15) is 38.9 Å². The van der Waals surface area contributed by atoms with Crippen LogP contribution in [0.3, 0.4) is 0 Å². The van der Waals surface area contributed by atoms with E-state index < -0.39 is 24.2 Å². The van der Waals surface area contributed by atoms with E-state index in [1.54, 1.807) is 6.20 Å². The summed E-state index contributed by atoms with van der Waals surface area (Å²) < 4.78 is 40.8. The van der Waals surface area contributed by atoms with Gasteiger partial charge in [-0.2, -0.15) is 13.2 Å². The van der Waals surface area contributed by atoms with Crippen LogP contribution in [0.5, 0.6) is 0 Å². The summed E-state index contributed by atoms with van der Waals surface area (Å²) in [5.74, 6) is 1.12. The Morgan fingerprint density at radius 1 is 1.40 bits per heavy atom. The largest absolute Gasteiger partial charge is 0.417 e. The third kappa shape index (κ3) is 4.87. The van der Waals surface area contributed by atoms with E-state index in [4.69, 9.17) is 0 Å². The van der Waals surface area contributed by atoms with Crippen molar-refractivity contribution in [3.8, 4) is 0 Å². The highest BCUT2D eigenvalue weighted by molar-refractivity contribution is 5.74. The molecule has 0 aromatic carbocycles. The number of carbonyl (C=O) groups excluding carboxylic acids is 1. The van der Waals surface area contributed by atoms with Gasteiger partial charge in [-0.05, 0) is 18.8 Å². The van der Waals surface area contributed by atoms with Crippen LogP contribution in [0, 0.1) is 5.92 Å². The predicted octanol–water partition coefficient (Wildman–Crippen LogP) is 2.53. The Morgan fingerprint density at radius 3 is 2.76 bits per heavy atom.